The predicted octanol–water partition coefficient (Wildman–Crippen LogP) is 4.20. The molecule has 0 aromatic heterocycles. The van der Waals surface area contributed by atoms with E-state index < -0.39 is 38.4 Å². The monoisotopic (exact) mass is 687 g/mol. The van der Waals surface area contributed by atoms with Crippen molar-refractivity contribution in [1.29, 1.82) is 0 Å². The number of phosphoric acid groups is 1. The van der Waals surface area contributed by atoms with Crippen molar-refractivity contribution in [3.63, 3.8) is 0 Å². The predicted molar refractivity (Wildman–Crippen MR) is 174 cm³/mol. The minimum Gasteiger partial charge on any atom is -0.756 e. The molecule has 1 N–H and O–H groups in total. The van der Waals surface area contributed by atoms with E-state index in [1.807, 2.05) is 18.9 Å². The molecule has 0 heterocycles. The number of carboxylic acid groups (broad SMARTS) is 1. The number of nitrogens with zero attached hydrogens (tertiary/aromatic N) is 1. The van der Waals surface area contributed by atoms with Crippen LogP contribution in [0.15, 0.2) is 0 Å². The summed E-state index contributed by atoms with van der Waals surface area (Å²) in [5, 5.41) is 8.70. The van der Waals surface area contributed by atoms with E-state index in [0.29, 0.717) is 25.8 Å². The van der Waals surface area contributed by atoms with Gasteiger partial charge in [-0.1, -0.05) is 110 Å². The molecular formula is C33H63NNaO10P. The number of likely N-dealkylation sites (N-methyl/N-ethyl adjacent to an activating group) is 1. The fourth-order valence-corrected chi connectivity index (χ4v) is 5.39. The summed E-state index contributed by atoms with van der Waals surface area (Å²) in [6.07, 6.45) is 18.5. The van der Waals surface area contributed by atoms with Crippen LogP contribution < -0.4 is 34.5 Å². The van der Waals surface area contributed by atoms with Crippen molar-refractivity contribution in [1.82, 2.24) is 4.90 Å². The van der Waals surface area contributed by atoms with Gasteiger partial charge in [0.25, 0.3) is 7.82 Å². The Bertz CT molecular complexity index is 804. The molecule has 2 atom stereocenters. The average molecular weight is 688 g/mol. The second kappa shape index (κ2) is 33.0. The van der Waals surface area contributed by atoms with Gasteiger partial charge in [0.15, 0.2) is 6.10 Å². The molecule has 0 fully saturated rings. The van der Waals surface area contributed by atoms with Gasteiger partial charge >= 0.3 is 47.5 Å². The number of aliphatic carboxylic acids is 1. The maximum atomic E-state index is 12.4. The summed E-state index contributed by atoms with van der Waals surface area (Å²) in [6, 6.07) is 0. The number of carboxylic acids is 1. The van der Waals surface area contributed by atoms with Crippen LogP contribution in [0.1, 0.15) is 149 Å². The van der Waals surface area contributed by atoms with Gasteiger partial charge in [-0.2, -0.15) is 0 Å². The summed E-state index contributed by atoms with van der Waals surface area (Å²) < 4.78 is 32.7. The van der Waals surface area contributed by atoms with E-state index in [2.05, 4.69) is 6.92 Å². The van der Waals surface area contributed by atoms with Gasteiger partial charge in [0.2, 0.25) is 0 Å². The molecule has 0 spiro atoms. The first kappa shape index (κ1) is 47.6. The molecule has 0 aromatic carbocycles. The molecule has 0 saturated heterocycles. The molecule has 0 aliphatic carbocycles. The first-order valence-corrected chi connectivity index (χ1v) is 18.9. The van der Waals surface area contributed by atoms with Crippen LogP contribution in [0, 0.1) is 0 Å². The van der Waals surface area contributed by atoms with Gasteiger partial charge in [-0.05, 0) is 32.9 Å². The number of hydrogen-bond donors (Lipinski definition) is 1. The van der Waals surface area contributed by atoms with Crippen molar-refractivity contribution in [2.24, 2.45) is 0 Å². The van der Waals surface area contributed by atoms with E-state index in [0.717, 1.165) is 45.1 Å². The Kier molecular flexibility index (Phi) is 34.1. The number of rotatable bonds is 33. The number of unbranched alkanes of at least 4 members (excludes halogenated alkanes) is 16. The summed E-state index contributed by atoms with van der Waals surface area (Å²) in [4.78, 5) is 49.4. The van der Waals surface area contributed by atoms with E-state index in [1.165, 1.54) is 57.8 Å². The molecule has 0 rings (SSSR count). The summed E-state index contributed by atoms with van der Waals surface area (Å²) >= 11 is 0. The molecule has 13 heteroatoms. The molecule has 0 radical (unpaired) electrons. The zero-order valence-electron chi connectivity index (χ0n) is 29.5. The van der Waals surface area contributed by atoms with Crippen LogP contribution in [0.5, 0.6) is 0 Å². The molecule has 0 saturated carbocycles. The second-order valence-corrected chi connectivity index (χ2v) is 13.3. The van der Waals surface area contributed by atoms with Gasteiger partial charge in [-0.15, -0.1) is 0 Å². The van der Waals surface area contributed by atoms with Crippen LogP contribution in [-0.4, -0.2) is 74.0 Å². The zero-order valence-corrected chi connectivity index (χ0v) is 32.4. The third kappa shape index (κ3) is 33.4. The maximum Gasteiger partial charge on any atom is 1.00 e. The molecule has 0 aliphatic heterocycles. The van der Waals surface area contributed by atoms with Gasteiger partial charge in [0, 0.05) is 25.8 Å². The summed E-state index contributed by atoms with van der Waals surface area (Å²) in [5.74, 6) is -1.80. The first-order chi connectivity index (χ1) is 21.6. The number of ether oxygens (including phenoxy) is 2. The summed E-state index contributed by atoms with van der Waals surface area (Å²) in [5.41, 5.74) is 0. The minimum atomic E-state index is -4.64. The van der Waals surface area contributed by atoms with Crippen molar-refractivity contribution in [3.8, 4) is 0 Å². The standard InChI is InChI=1S/C33H64NO10P.Na/c1-4-6-7-8-9-10-11-12-13-14-15-18-21-24-32(37)41-28-30(29-43-45(39,40)42-27-26-34(3)5-2)44-33(38)25-22-19-16-17-20-23-31(35)36;/h30H,4-29H2,1-3H3,(H,35,36)(H,39,40);/q;+1/p-1. The van der Waals surface area contributed by atoms with Crippen LogP contribution >= 0.6 is 7.82 Å². The summed E-state index contributed by atoms with van der Waals surface area (Å²) in [7, 11) is -2.81. The third-order valence-electron chi connectivity index (χ3n) is 7.67. The molecule has 46 heavy (non-hydrogen) atoms. The Labute approximate surface area is 301 Å². The maximum absolute atomic E-state index is 12.4. The van der Waals surface area contributed by atoms with Crippen molar-refractivity contribution >= 4 is 25.7 Å². The zero-order chi connectivity index (χ0) is 33.6. The fraction of sp³-hybridized carbons (Fsp3) is 0.909. The average Bonchev–Trinajstić information content (AvgIpc) is 3.00. The van der Waals surface area contributed by atoms with Gasteiger partial charge in [-0.3, -0.25) is 18.9 Å². The molecule has 0 aromatic rings. The Morgan fingerprint density at radius 2 is 1.15 bits per heavy atom. The first-order valence-electron chi connectivity index (χ1n) is 17.4. The van der Waals surface area contributed by atoms with Crippen molar-refractivity contribution < 1.29 is 77.0 Å². The number of esters is 2. The van der Waals surface area contributed by atoms with Crippen LogP contribution in [-0.2, 0) is 37.5 Å². The van der Waals surface area contributed by atoms with Crippen LogP contribution in [0.2, 0.25) is 0 Å². The molecule has 0 amide bonds. The summed E-state index contributed by atoms with van der Waals surface area (Å²) in [6.45, 7) is 4.41. The Hall–Kier alpha value is -0.520. The minimum absolute atomic E-state index is 0. The van der Waals surface area contributed by atoms with Gasteiger partial charge in [-0.25, -0.2) is 0 Å². The van der Waals surface area contributed by atoms with Crippen molar-refractivity contribution in [2.75, 3.05) is 40.0 Å². The normalized spacial score (nSPS) is 13.2. The molecule has 0 bridgehead atoms. The number of hydrogen-bond acceptors (Lipinski definition) is 10. The van der Waals surface area contributed by atoms with Gasteiger partial charge in [0.1, 0.15) is 6.61 Å². The molecule has 266 valence electrons. The fourth-order valence-electron chi connectivity index (χ4n) is 4.66. The van der Waals surface area contributed by atoms with Crippen LogP contribution in [0.4, 0.5) is 0 Å². The smallest absolute Gasteiger partial charge is 0.756 e. The number of phosphoric ester groups is 1. The molecular weight excluding hydrogens is 624 g/mol. The second-order valence-electron chi connectivity index (χ2n) is 11.9. The van der Waals surface area contributed by atoms with Crippen LogP contribution in [0.25, 0.3) is 0 Å². The van der Waals surface area contributed by atoms with E-state index in [1.54, 1.807) is 0 Å². The van der Waals surface area contributed by atoms with E-state index in [9.17, 15) is 23.8 Å². The Morgan fingerprint density at radius 1 is 0.696 bits per heavy atom. The Balaban J connectivity index is 0. The van der Waals surface area contributed by atoms with E-state index >= 15 is 0 Å². The van der Waals surface area contributed by atoms with E-state index in [4.69, 9.17) is 23.6 Å². The topological polar surface area (TPSA) is 152 Å². The van der Waals surface area contributed by atoms with E-state index in [-0.39, 0.29) is 62.0 Å². The third-order valence-corrected chi connectivity index (χ3v) is 8.63. The largest absolute Gasteiger partial charge is 1.00 e. The van der Waals surface area contributed by atoms with Gasteiger partial charge < -0.3 is 33.4 Å². The van der Waals surface area contributed by atoms with Crippen molar-refractivity contribution in [2.45, 2.75) is 155 Å². The molecule has 11 nitrogen and oxygen atoms in total. The SMILES string of the molecule is CCCCCCCCCCCCCCCC(=O)OCC(COP(=O)([O-])OCCN(C)CC)OC(=O)CCCCCCCC(=O)O.[Na+]. The quantitative estimate of drug-likeness (QED) is 0.0458. The number of carbonyl (C=O) groups is 3. The van der Waals surface area contributed by atoms with Gasteiger partial charge in [0.05, 0.1) is 13.2 Å². The van der Waals surface area contributed by atoms with Crippen molar-refractivity contribution in [3.05, 3.63) is 0 Å². The Morgan fingerprint density at radius 3 is 1.63 bits per heavy atom. The number of carbonyl (C=O) groups excluding carboxylic acids is 2. The molecule has 2 unspecified atom stereocenters. The molecule has 0 aliphatic rings. The van der Waals surface area contributed by atoms with Crippen LogP contribution in [0.3, 0.4) is 0 Å².